The van der Waals surface area contributed by atoms with Crippen molar-refractivity contribution in [3.63, 3.8) is 0 Å². The topological polar surface area (TPSA) is 0 Å². The van der Waals surface area contributed by atoms with E-state index in [0.717, 1.165) is 11.8 Å². The molecule has 0 saturated carbocycles. The Morgan fingerprint density at radius 3 is 2.50 bits per heavy atom. The molecule has 68 valence electrons. The second kappa shape index (κ2) is 3.93. The molecule has 0 nitrogen and oxygen atoms in total. The molecule has 1 aliphatic carbocycles. The van der Waals surface area contributed by atoms with E-state index in [2.05, 4.69) is 39.8 Å². The predicted octanol–water partition coefficient (Wildman–Crippen LogP) is 3.95. The smallest absolute Gasteiger partial charge is 0.0171 e. The van der Waals surface area contributed by atoms with Crippen molar-refractivity contribution in [2.75, 3.05) is 0 Å². The highest BCUT2D eigenvalue weighted by atomic mass is 14.2. The van der Waals surface area contributed by atoms with Crippen LogP contribution in [0.15, 0.2) is 23.3 Å². The molecule has 12 heavy (non-hydrogen) atoms. The molecule has 0 aliphatic heterocycles. The summed E-state index contributed by atoms with van der Waals surface area (Å²) in [5.74, 6) is 1.47. The van der Waals surface area contributed by atoms with Gasteiger partial charge < -0.3 is 0 Å². The summed E-state index contributed by atoms with van der Waals surface area (Å²) in [5, 5.41) is 0. The second-order valence-electron chi connectivity index (χ2n) is 4.03. The highest BCUT2D eigenvalue weighted by Crippen LogP contribution is 2.29. The summed E-state index contributed by atoms with van der Waals surface area (Å²) in [6, 6.07) is 0. The van der Waals surface area contributed by atoms with Gasteiger partial charge in [0.2, 0.25) is 0 Å². The molecule has 1 aliphatic rings. The third-order valence-electron chi connectivity index (χ3n) is 2.94. The maximum Gasteiger partial charge on any atom is -0.0171 e. The normalized spacial score (nSPS) is 29.7. The van der Waals surface area contributed by atoms with Crippen LogP contribution in [0.1, 0.15) is 40.5 Å². The van der Waals surface area contributed by atoms with Gasteiger partial charge in [0.1, 0.15) is 0 Å². The third-order valence-corrected chi connectivity index (χ3v) is 2.94. The van der Waals surface area contributed by atoms with Crippen molar-refractivity contribution in [1.82, 2.24) is 0 Å². The first-order chi connectivity index (χ1) is 5.65. The van der Waals surface area contributed by atoms with Crippen LogP contribution < -0.4 is 0 Å². The predicted molar refractivity (Wildman–Crippen MR) is 55.1 cm³/mol. The van der Waals surface area contributed by atoms with Gasteiger partial charge in [0, 0.05) is 0 Å². The fourth-order valence-electron chi connectivity index (χ4n) is 1.81. The van der Waals surface area contributed by atoms with Crippen molar-refractivity contribution in [2.45, 2.75) is 40.5 Å². The summed E-state index contributed by atoms with van der Waals surface area (Å²) in [5.41, 5.74) is 3.09. The molecule has 0 N–H and O–H groups in total. The van der Waals surface area contributed by atoms with E-state index in [1.54, 1.807) is 11.1 Å². The van der Waals surface area contributed by atoms with E-state index in [-0.39, 0.29) is 0 Å². The van der Waals surface area contributed by atoms with Crippen LogP contribution in [0.5, 0.6) is 0 Å². The lowest BCUT2D eigenvalue weighted by Gasteiger charge is -2.23. The van der Waals surface area contributed by atoms with E-state index in [1.807, 2.05) is 0 Å². The SMILES string of the molecule is CCCC1=CC(C)C(C)C(C)=C1. The summed E-state index contributed by atoms with van der Waals surface area (Å²) in [7, 11) is 0. The Morgan fingerprint density at radius 2 is 2.00 bits per heavy atom. The van der Waals surface area contributed by atoms with Crippen molar-refractivity contribution in [2.24, 2.45) is 11.8 Å². The molecular formula is C12H20. The fourth-order valence-corrected chi connectivity index (χ4v) is 1.81. The average molecular weight is 164 g/mol. The Balaban J connectivity index is 2.73. The van der Waals surface area contributed by atoms with E-state index in [9.17, 15) is 0 Å². The maximum atomic E-state index is 2.43. The highest BCUT2D eigenvalue weighted by Gasteiger charge is 2.16. The van der Waals surface area contributed by atoms with Crippen LogP contribution in [0, 0.1) is 11.8 Å². The van der Waals surface area contributed by atoms with Crippen molar-refractivity contribution in [3.8, 4) is 0 Å². The second-order valence-corrected chi connectivity index (χ2v) is 4.03. The lowest BCUT2D eigenvalue weighted by atomic mass is 9.82. The van der Waals surface area contributed by atoms with Crippen LogP contribution >= 0.6 is 0 Å². The minimum atomic E-state index is 0.733. The van der Waals surface area contributed by atoms with Crippen molar-refractivity contribution < 1.29 is 0 Å². The van der Waals surface area contributed by atoms with Crippen LogP contribution in [0.25, 0.3) is 0 Å². The van der Waals surface area contributed by atoms with Gasteiger partial charge in [0.05, 0.1) is 0 Å². The third kappa shape index (κ3) is 2.00. The molecule has 2 atom stereocenters. The lowest BCUT2D eigenvalue weighted by molar-refractivity contribution is 0.516. The molecule has 0 bridgehead atoms. The lowest BCUT2D eigenvalue weighted by Crippen LogP contribution is -2.11. The zero-order valence-corrected chi connectivity index (χ0v) is 8.72. The zero-order chi connectivity index (χ0) is 9.14. The number of hydrogen-bond donors (Lipinski definition) is 0. The molecular weight excluding hydrogens is 144 g/mol. The van der Waals surface area contributed by atoms with E-state index in [0.29, 0.717) is 0 Å². The summed E-state index contributed by atoms with van der Waals surface area (Å²) >= 11 is 0. The van der Waals surface area contributed by atoms with Crippen LogP contribution in [0.3, 0.4) is 0 Å². The standard InChI is InChI=1S/C12H20/c1-5-6-12-7-9(2)11(4)10(3)8-12/h7-9,11H,5-6H2,1-4H3. The Hall–Kier alpha value is -0.520. The minimum absolute atomic E-state index is 0.733. The molecule has 0 saturated heterocycles. The molecule has 2 unspecified atom stereocenters. The molecule has 0 aromatic rings. The summed E-state index contributed by atoms with van der Waals surface area (Å²) in [6.45, 7) is 9.13. The Kier molecular flexibility index (Phi) is 3.13. The fraction of sp³-hybridized carbons (Fsp3) is 0.667. The molecule has 0 heteroatoms. The van der Waals surface area contributed by atoms with Gasteiger partial charge in [-0.05, 0) is 25.2 Å². The Labute approximate surface area is 76.4 Å². The van der Waals surface area contributed by atoms with Gasteiger partial charge in [-0.25, -0.2) is 0 Å². The van der Waals surface area contributed by atoms with Crippen molar-refractivity contribution in [1.29, 1.82) is 0 Å². The molecule has 0 amide bonds. The zero-order valence-electron chi connectivity index (χ0n) is 8.72. The highest BCUT2D eigenvalue weighted by molar-refractivity contribution is 5.29. The van der Waals surface area contributed by atoms with Gasteiger partial charge in [-0.3, -0.25) is 0 Å². The monoisotopic (exact) mass is 164 g/mol. The first-order valence-electron chi connectivity index (χ1n) is 5.04. The summed E-state index contributed by atoms with van der Waals surface area (Å²) in [6.07, 6.45) is 7.31. The van der Waals surface area contributed by atoms with Gasteiger partial charge in [-0.15, -0.1) is 0 Å². The summed E-state index contributed by atoms with van der Waals surface area (Å²) in [4.78, 5) is 0. The van der Waals surface area contributed by atoms with E-state index in [1.165, 1.54) is 12.8 Å². The first kappa shape index (κ1) is 9.57. The summed E-state index contributed by atoms with van der Waals surface area (Å²) < 4.78 is 0. The minimum Gasteiger partial charge on any atom is -0.0779 e. The van der Waals surface area contributed by atoms with E-state index in [4.69, 9.17) is 0 Å². The maximum absolute atomic E-state index is 2.43. The molecule has 0 aromatic heterocycles. The number of hydrogen-bond acceptors (Lipinski definition) is 0. The van der Waals surface area contributed by atoms with E-state index >= 15 is 0 Å². The average Bonchev–Trinajstić information content (AvgIpc) is 2.01. The Morgan fingerprint density at radius 1 is 1.33 bits per heavy atom. The van der Waals surface area contributed by atoms with Crippen LogP contribution in [-0.4, -0.2) is 0 Å². The molecule has 0 aromatic carbocycles. The van der Waals surface area contributed by atoms with Gasteiger partial charge in [-0.1, -0.05) is 50.5 Å². The molecule has 0 radical (unpaired) electrons. The van der Waals surface area contributed by atoms with Crippen LogP contribution in [0.4, 0.5) is 0 Å². The van der Waals surface area contributed by atoms with E-state index < -0.39 is 0 Å². The molecule has 0 heterocycles. The Bertz CT molecular complexity index is 208. The van der Waals surface area contributed by atoms with Crippen LogP contribution in [0.2, 0.25) is 0 Å². The van der Waals surface area contributed by atoms with Crippen LogP contribution in [-0.2, 0) is 0 Å². The largest absolute Gasteiger partial charge is 0.0779 e. The first-order valence-corrected chi connectivity index (χ1v) is 5.04. The quantitative estimate of drug-likeness (QED) is 0.580. The number of rotatable bonds is 2. The molecule has 0 spiro atoms. The number of allylic oxidation sites excluding steroid dienone is 4. The van der Waals surface area contributed by atoms with Crippen molar-refractivity contribution in [3.05, 3.63) is 23.3 Å². The van der Waals surface area contributed by atoms with Crippen molar-refractivity contribution >= 4 is 0 Å². The molecule has 1 rings (SSSR count). The van der Waals surface area contributed by atoms with Gasteiger partial charge in [-0.2, -0.15) is 0 Å². The van der Waals surface area contributed by atoms with Gasteiger partial charge in [0.25, 0.3) is 0 Å². The molecule has 0 fully saturated rings. The van der Waals surface area contributed by atoms with Gasteiger partial charge >= 0.3 is 0 Å². The van der Waals surface area contributed by atoms with Gasteiger partial charge in [0.15, 0.2) is 0 Å².